The molecule has 1 heterocycles. The van der Waals surface area contributed by atoms with Gasteiger partial charge in [0.25, 0.3) is 11.8 Å². The molecular weight excluding hydrogens is 366 g/mol. The summed E-state index contributed by atoms with van der Waals surface area (Å²) in [6.45, 7) is 3.08. The maximum Gasteiger partial charge on any atom is 0.269 e. The predicted molar refractivity (Wildman–Crippen MR) is 113 cm³/mol. The summed E-state index contributed by atoms with van der Waals surface area (Å²) in [5.41, 5.74) is 2.69. The van der Waals surface area contributed by atoms with Crippen LogP contribution in [0.15, 0.2) is 54.2 Å². The van der Waals surface area contributed by atoms with Crippen molar-refractivity contribution >= 4 is 17.5 Å². The molecule has 1 aliphatic carbocycles. The molecule has 0 radical (unpaired) electrons. The van der Waals surface area contributed by atoms with Gasteiger partial charge in [0, 0.05) is 24.0 Å². The topological polar surface area (TPSA) is 80.3 Å². The fourth-order valence-electron chi connectivity index (χ4n) is 3.26. The number of benzene rings is 1. The van der Waals surface area contributed by atoms with E-state index >= 15 is 0 Å². The molecule has 3 rings (SSSR count). The van der Waals surface area contributed by atoms with Crippen LogP contribution in [0.25, 0.3) is 0 Å². The number of aromatic nitrogens is 1. The molecule has 6 nitrogen and oxygen atoms in total. The Labute approximate surface area is 171 Å². The molecule has 29 heavy (non-hydrogen) atoms. The van der Waals surface area contributed by atoms with Crippen molar-refractivity contribution in [3.05, 3.63) is 65.5 Å². The Morgan fingerprint density at radius 1 is 1.10 bits per heavy atom. The summed E-state index contributed by atoms with van der Waals surface area (Å²) in [6.07, 6.45) is 9.36. The fourth-order valence-corrected chi connectivity index (χ4v) is 3.26. The molecule has 1 aliphatic rings. The van der Waals surface area contributed by atoms with Gasteiger partial charge >= 0.3 is 0 Å². The van der Waals surface area contributed by atoms with E-state index in [9.17, 15) is 9.59 Å². The van der Waals surface area contributed by atoms with Gasteiger partial charge < -0.3 is 15.4 Å². The number of pyridine rings is 1. The Morgan fingerprint density at radius 2 is 1.93 bits per heavy atom. The Balaban J connectivity index is 1.55. The van der Waals surface area contributed by atoms with Crippen LogP contribution in [0.5, 0.6) is 5.75 Å². The van der Waals surface area contributed by atoms with Crippen LogP contribution in [-0.4, -0.2) is 29.9 Å². The summed E-state index contributed by atoms with van der Waals surface area (Å²) < 4.78 is 5.39. The molecular formula is C23H27N3O3. The van der Waals surface area contributed by atoms with Gasteiger partial charge in [0.05, 0.1) is 6.61 Å². The van der Waals surface area contributed by atoms with Crippen molar-refractivity contribution in [2.24, 2.45) is 0 Å². The minimum absolute atomic E-state index is 0.238. The van der Waals surface area contributed by atoms with Gasteiger partial charge in [0.15, 0.2) is 0 Å². The number of amides is 2. The summed E-state index contributed by atoms with van der Waals surface area (Å²) in [5, 5.41) is 5.71. The molecule has 1 aromatic carbocycles. The molecule has 0 saturated heterocycles. The molecule has 0 unspecified atom stereocenters. The second-order valence-corrected chi connectivity index (χ2v) is 6.96. The highest BCUT2D eigenvalue weighted by atomic mass is 16.5. The average molecular weight is 393 g/mol. The van der Waals surface area contributed by atoms with E-state index in [4.69, 9.17) is 4.74 Å². The summed E-state index contributed by atoms with van der Waals surface area (Å²) >= 11 is 0. The molecule has 0 atom stereocenters. The first-order valence-corrected chi connectivity index (χ1v) is 10.1. The van der Waals surface area contributed by atoms with E-state index in [-0.39, 0.29) is 17.5 Å². The van der Waals surface area contributed by atoms with Crippen LogP contribution in [0.4, 0.5) is 5.69 Å². The number of carbonyl (C=O) groups is 2. The Kier molecular flexibility index (Phi) is 7.39. The van der Waals surface area contributed by atoms with Gasteiger partial charge in [-0.05, 0) is 75.4 Å². The summed E-state index contributed by atoms with van der Waals surface area (Å²) in [7, 11) is 0. The molecule has 6 heteroatoms. The number of nitrogens with zero attached hydrogens (tertiary/aromatic N) is 1. The standard InChI is InChI=1S/C23H27N3O3/c1-2-29-20-10-8-19(9-11-20)26-22(27)18-13-15-24-21(16-18)23(28)25-14-12-17-6-4-3-5-7-17/h6,8-11,13,15-16H,2-5,7,12,14H2,1H3,(H,25,28)(H,26,27). The quantitative estimate of drug-likeness (QED) is 0.653. The molecule has 2 aromatic rings. The van der Waals surface area contributed by atoms with Crippen molar-refractivity contribution < 1.29 is 14.3 Å². The Bertz CT molecular complexity index is 875. The lowest BCUT2D eigenvalue weighted by Gasteiger charge is -2.13. The monoisotopic (exact) mass is 393 g/mol. The number of nitrogens with one attached hydrogen (secondary N) is 2. The molecule has 0 spiro atoms. The Hall–Kier alpha value is -3.15. The summed E-state index contributed by atoms with van der Waals surface area (Å²) in [5.74, 6) is 0.187. The summed E-state index contributed by atoms with van der Waals surface area (Å²) in [6, 6.07) is 10.3. The normalized spacial score (nSPS) is 13.3. The van der Waals surface area contributed by atoms with E-state index in [2.05, 4.69) is 21.7 Å². The van der Waals surface area contributed by atoms with E-state index in [0.717, 1.165) is 25.0 Å². The molecule has 152 valence electrons. The van der Waals surface area contributed by atoms with Crippen LogP contribution in [0.3, 0.4) is 0 Å². The van der Waals surface area contributed by atoms with Gasteiger partial charge in [0.1, 0.15) is 11.4 Å². The third kappa shape index (κ3) is 6.17. The van der Waals surface area contributed by atoms with Crippen molar-refractivity contribution in [3.63, 3.8) is 0 Å². The van der Waals surface area contributed by atoms with E-state index in [0.29, 0.717) is 24.4 Å². The predicted octanol–water partition coefficient (Wildman–Crippen LogP) is 4.35. The molecule has 2 amide bonds. The Morgan fingerprint density at radius 3 is 2.66 bits per heavy atom. The minimum atomic E-state index is -0.294. The molecule has 0 bridgehead atoms. The number of rotatable bonds is 8. The fraction of sp³-hybridized carbons (Fsp3) is 0.348. The first kappa shape index (κ1) is 20.6. The maximum absolute atomic E-state index is 12.5. The van der Waals surface area contributed by atoms with Crippen molar-refractivity contribution in [2.75, 3.05) is 18.5 Å². The first-order chi connectivity index (χ1) is 14.2. The van der Waals surface area contributed by atoms with Crippen LogP contribution in [-0.2, 0) is 0 Å². The van der Waals surface area contributed by atoms with Crippen molar-refractivity contribution in [1.82, 2.24) is 10.3 Å². The van der Waals surface area contributed by atoms with Gasteiger partial charge in [-0.1, -0.05) is 11.6 Å². The number of hydrogen-bond acceptors (Lipinski definition) is 4. The number of allylic oxidation sites excluding steroid dienone is 1. The summed E-state index contributed by atoms with van der Waals surface area (Å²) in [4.78, 5) is 29.0. The van der Waals surface area contributed by atoms with Crippen LogP contribution in [0.2, 0.25) is 0 Å². The maximum atomic E-state index is 12.5. The van der Waals surface area contributed by atoms with Crippen molar-refractivity contribution in [3.8, 4) is 5.75 Å². The number of carbonyl (C=O) groups excluding carboxylic acids is 2. The molecule has 2 N–H and O–H groups in total. The van der Waals surface area contributed by atoms with Gasteiger partial charge in [-0.3, -0.25) is 14.6 Å². The lowest BCUT2D eigenvalue weighted by molar-refractivity contribution is 0.0949. The van der Waals surface area contributed by atoms with Gasteiger partial charge in [0.2, 0.25) is 0 Å². The highest BCUT2D eigenvalue weighted by Crippen LogP contribution is 2.19. The lowest BCUT2D eigenvalue weighted by Crippen LogP contribution is -2.26. The van der Waals surface area contributed by atoms with Crippen LogP contribution in [0.1, 0.15) is 59.9 Å². The van der Waals surface area contributed by atoms with Gasteiger partial charge in [-0.15, -0.1) is 0 Å². The minimum Gasteiger partial charge on any atom is -0.494 e. The second-order valence-electron chi connectivity index (χ2n) is 6.96. The first-order valence-electron chi connectivity index (χ1n) is 10.1. The van der Waals surface area contributed by atoms with Crippen LogP contribution >= 0.6 is 0 Å². The lowest BCUT2D eigenvalue weighted by atomic mass is 9.97. The number of ether oxygens (including phenoxy) is 1. The van der Waals surface area contributed by atoms with Crippen molar-refractivity contribution in [2.45, 2.75) is 39.0 Å². The highest BCUT2D eigenvalue weighted by molar-refractivity contribution is 6.05. The van der Waals surface area contributed by atoms with Crippen LogP contribution in [0, 0.1) is 0 Å². The van der Waals surface area contributed by atoms with E-state index in [1.165, 1.54) is 30.7 Å². The SMILES string of the molecule is CCOc1ccc(NC(=O)c2ccnc(C(=O)NCCC3=CCCCC3)c2)cc1. The molecule has 1 aromatic heterocycles. The zero-order valence-corrected chi connectivity index (χ0v) is 16.7. The highest BCUT2D eigenvalue weighted by Gasteiger charge is 2.12. The molecule has 0 fully saturated rings. The number of hydrogen-bond donors (Lipinski definition) is 2. The number of anilines is 1. The molecule has 0 aliphatic heterocycles. The largest absolute Gasteiger partial charge is 0.494 e. The second kappa shape index (κ2) is 10.4. The van der Waals surface area contributed by atoms with Gasteiger partial charge in [-0.25, -0.2) is 0 Å². The van der Waals surface area contributed by atoms with Gasteiger partial charge in [-0.2, -0.15) is 0 Å². The third-order valence-corrected chi connectivity index (χ3v) is 4.79. The average Bonchev–Trinajstić information content (AvgIpc) is 2.76. The third-order valence-electron chi connectivity index (χ3n) is 4.79. The van der Waals surface area contributed by atoms with E-state index < -0.39 is 0 Å². The zero-order chi connectivity index (χ0) is 20.5. The van der Waals surface area contributed by atoms with E-state index in [1.54, 1.807) is 30.3 Å². The smallest absolute Gasteiger partial charge is 0.269 e. The van der Waals surface area contributed by atoms with Crippen molar-refractivity contribution in [1.29, 1.82) is 0 Å². The molecule has 0 saturated carbocycles. The van der Waals surface area contributed by atoms with E-state index in [1.807, 2.05) is 6.92 Å². The zero-order valence-electron chi connectivity index (χ0n) is 16.7. The van der Waals surface area contributed by atoms with Crippen LogP contribution < -0.4 is 15.4 Å².